The molecule has 1 amide bonds. The zero-order chi connectivity index (χ0) is 15.0. The second-order valence-corrected chi connectivity index (χ2v) is 4.56. The summed E-state index contributed by atoms with van der Waals surface area (Å²) in [7, 11) is 0. The van der Waals surface area contributed by atoms with Crippen LogP contribution in [0.3, 0.4) is 0 Å². The van der Waals surface area contributed by atoms with Gasteiger partial charge < -0.3 is 4.90 Å². The van der Waals surface area contributed by atoms with Crippen molar-refractivity contribution in [3.05, 3.63) is 30.1 Å². The van der Waals surface area contributed by atoms with Crippen LogP contribution >= 0.6 is 0 Å². The van der Waals surface area contributed by atoms with E-state index in [4.69, 9.17) is 0 Å². The second kappa shape index (κ2) is 4.99. The molecule has 1 fully saturated rings. The van der Waals surface area contributed by atoms with E-state index in [9.17, 15) is 26.7 Å². The Labute approximate surface area is 111 Å². The molecule has 0 bridgehead atoms. The summed E-state index contributed by atoms with van der Waals surface area (Å²) >= 11 is 0. The number of carbonyl (C=O) groups excluding carboxylic acids is 1. The largest absolute Gasteiger partial charge is 0.463 e. The minimum absolute atomic E-state index is 0.269. The van der Waals surface area contributed by atoms with Crippen molar-refractivity contribution in [1.29, 1.82) is 0 Å². The molecule has 110 valence electrons. The topological polar surface area (TPSA) is 33.2 Å². The van der Waals surface area contributed by atoms with Gasteiger partial charge in [0, 0.05) is 12.2 Å². The van der Waals surface area contributed by atoms with Gasteiger partial charge in [0.15, 0.2) is 0 Å². The molecule has 0 spiro atoms. The van der Waals surface area contributed by atoms with Gasteiger partial charge in [0.2, 0.25) is 0 Å². The lowest BCUT2D eigenvalue weighted by molar-refractivity contribution is -0.275. The Morgan fingerprint density at radius 3 is 2.35 bits per heavy atom. The average molecular weight is 294 g/mol. The standard InChI is InChI=1S/C12H11F5N2O/c13-11(14,12(15,16)17)10(20)19(9-4-5-9)7-8-3-1-2-6-18-8/h1-3,6,9H,4-5,7H2. The van der Waals surface area contributed by atoms with Gasteiger partial charge in [0.25, 0.3) is 0 Å². The van der Waals surface area contributed by atoms with Gasteiger partial charge >= 0.3 is 18.0 Å². The summed E-state index contributed by atoms with van der Waals surface area (Å²) in [5.74, 6) is -7.58. The molecule has 0 atom stereocenters. The highest BCUT2D eigenvalue weighted by Gasteiger charge is 2.65. The number of aromatic nitrogens is 1. The lowest BCUT2D eigenvalue weighted by atomic mass is 10.2. The molecule has 1 aromatic heterocycles. The first kappa shape index (κ1) is 14.7. The number of carbonyl (C=O) groups is 1. The molecule has 0 radical (unpaired) electrons. The molecule has 1 saturated carbocycles. The molecule has 20 heavy (non-hydrogen) atoms. The predicted octanol–water partition coefficient (Wildman–Crippen LogP) is 2.77. The van der Waals surface area contributed by atoms with Crippen molar-refractivity contribution in [2.24, 2.45) is 0 Å². The molecule has 0 N–H and O–H groups in total. The van der Waals surface area contributed by atoms with E-state index in [1.807, 2.05) is 0 Å². The van der Waals surface area contributed by atoms with E-state index in [1.54, 1.807) is 12.1 Å². The number of halogens is 5. The number of rotatable bonds is 4. The zero-order valence-electron chi connectivity index (χ0n) is 10.2. The maximum Gasteiger partial charge on any atom is 0.463 e. The second-order valence-electron chi connectivity index (χ2n) is 4.56. The van der Waals surface area contributed by atoms with Crippen LogP contribution in [0.15, 0.2) is 24.4 Å². The first-order valence-electron chi connectivity index (χ1n) is 5.89. The van der Waals surface area contributed by atoms with Gasteiger partial charge in [-0.1, -0.05) is 6.07 Å². The molecule has 1 aliphatic carbocycles. The van der Waals surface area contributed by atoms with E-state index in [1.165, 1.54) is 12.3 Å². The zero-order valence-corrected chi connectivity index (χ0v) is 10.2. The fraction of sp³-hybridized carbons (Fsp3) is 0.500. The Bertz CT molecular complexity index is 484. The van der Waals surface area contributed by atoms with Gasteiger partial charge in [0.1, 0.15) is 0 Å². The molecule has 1 aliphatic rings. The normalized spacial score (nSPS) is 16.1. The SMILES string of the molecule is O=C(N(Cc1ccccn1)C1CC1)C(F)(F)C(F)(F)F. The number of hydrogen-bond acceptors (Lipinski definition) is 2. The van der Waals surface area contributed by atoms with Crippen molar-refractivity contribution in [3.8, 4) is 0 Å². The number of amides is 1. The fourth-order valence-electron chi connectivity index (χ4n) is 1.72. The van der Waals surface area contributed by atoms with Crippen LogP contribution in [0.1, 0.15) is 18.5 Å². The Balaban J connectivity index is 2.19. The first-order valence-corrected chi connectivity index (χ1v) is 5.89. The highest BCUT2D eigenvalue weighted by atomic mass is 19.4. The quantitative estimate of drug-likeness (QED) is 0.800. The smallest absolute Gasteiger partial charge is 0.328 e. The van der Waals surface area contributed by atoms with Gasteiger partial charge in [-0.2, -0.15) is 22.0 Å². The van der Waals surface area contributed by atoms with Crippen LogP contribution in [0.4, 0.5) is 22.0 Å². The van der Waals surface area contributed by atoms with E-state index in [-0.39, 0.29) is 12.2 Å². The van der Waals surface area contributed by atoms with Crippen LogP contribution in [0.5, 0.6) is 0 Å². The van der Waals surface area contributed by atoms with Crippen LogP contribution in [0.25, 0.3) is 0 Å². The average Bonchev–Trinajstić information content (AvgIpc) is 3.19. The molecule has 1 aromatic rings. The minimum atomic E-state index is -5.89. The van der Waals surface area contributed by atoms with Gasteiger partial charge in [-0.25, -0.2) is 0 Å². The van der Waals surface area contributed by atoms with E-state index in [0.717, 1.165) is 0 Å². The van der Waals surface area contributed by atoms with Crippen molar-refractivity contribution in [3.63, 3.8) is 0 Å². The van der Waals surface area contributed by atoms with Gasteiger partial charge in [-0.05, 0) is 25.0 Å². The number of alkyl halides is 5. The fourth-order valence-corrected chi connectivity index (χ4v) is 1.72. The van der Waals surface area contributed by atoms with E-state index in [2.05, 4.69) is 4.98 Å². The van der Waals surface area contributed by atoms with Crippen LogP contribution in [-0.4, -0.2) is 33.9 Å². The van der Waals surface area contributed by atoms with E-state index < -0.39 is 24.0 Å². The molecule has 1 heterocycles. The summed E-state index contributed by atoms with van der Waals surface area (Å²) in [6.07, 6.45) is -3.66. The monoisotopic (exact) mass is 294 g/mol. The first-order chi connectivity index (χ1) is 9.23. The van der Waals surface area contributed by atoms with Crippen molar-refractivity contribution >= 4 is 5.91 Å². The molecule has 2 rings (SSSR count). The van der Waals surface area contributed by atoms with Crippen molar-refractivity contribution < 1.29 is 26.7 Å². The maximum absolute atomic E-state index is 13.1. The highest BCUT2D eigenvalue weighted by Crippen LogP contribution is 2.40. The van der Waals surface area contributed by atoms with Crippen LogP contribution in [0, 0.1) is 0 Å². The summed E-state index contributed by atoms with van der Waals surface area (Å²) in [6.45, 7) is -0.351. The Morgan fingerprint density at radius 2 is 1.90 bits per heavy atom. The summed E-state index contributed by atoms with van der Waals surface area (Å²) in [4.78, 5) is 15.9. The summed E-state index contributed by atoms with van der Waals surface area (Å²) in [5, 5.41) is 0. The predicted molar refractivity (Wildman–Crippen MR) is 58.8 cm³/mol. The van der Waals surface area contributed by atoms with Crippen LogP contribution < -0.4 is 0 Å². The minimum Gasteiger partial charge on any atom is -0.328 e. The molecule has 3 nitrogen and oxygen atoms in total. The van der Waals surface area contributed by atoms with Gasteiger partial charge in [0.05, 0.1) is 12.2 Å². The number of hydrogen-bond donors (Lipinski definition) is 0. The highest BCUT2D eigenvalue weighted by molar-refractivity contribution is 5.85. The lowest BCUT2D eigenvalue weighted by Crippen LogP contribution is -2.52. The third-order valence-electron chi connectivity index (χ3n) is 2.93. The maximum atomic E-state index is 13.1. The molecule has 0 unspecified atom stereocenters. The van der Waals surface area contributed by atoms with Crippen molar-refractivity contribution in [1.82, 2.24) is 9.88 Å². The summed E-state index contributed by atoms with van der Waals surface area (Å²) in [6, 6.07) is 4.04. The summed E-state index contributed by atoms with van der Waals surface area (Å²) < 4.78 is 63.0. The van der Waals surface area contributed by atoms with E-state index >= 15 is 0 Å². The third-order valence-corrected chi connectivity index (χ3v) is 2.93. The molecule has 0 aliphatic heterocycles. The molecule has 8 heteroatoms. The molecule has 0 aromatic carbocycles. The molecular formula is C12H11F5N2O. The van der Waals surface area contributed by atoms with Crippen molar-refractivity contribution in [2.75, 3.05) is 0 Å². The van der Waals surface area contributed by atoms with E-state index in [0.29, 0.717) is 17.7 Å². The third kappa shape index (κ3) is 2.88. The lowest BCUT2D eigenvalue weighted by Gasteiger charge is -2.27. The number of pyridine rings is 1. The molecular weight excluding hydrogens is 283 g/mol. The Kier molecular flexibility index (Phi) is 3.66. The van der Waals surface area contributed by atoms with Gasteiger partial charge in [-0.3, -0.25) is 9.78 Å². The molecule has 0 saturated heterocycles. The van der Waals surface area contributed by atoms with Crippen LogP contribution in [-0.2, 0) is 11.3 Å². The van der Waals surface area contributed by atoms with Crippen LogP contribution in [0.2, 0.25) is 0 Å². The Hall–Kier alpha value is -1.73. The summed E-state index contributed by atoms with van der Waals surface area (Å²) in [5.41, 5.74) is 0.269. The van der Waals surface area contributed by atoms with Gasteiger partial charge in [-0.15, -0.1) is 0 Å². The Morgan fingerprint density at radius 1 is 1.25 bits per heavy atom. The number of nitrogens with zero attached hydrogens (tertiary/aromatic N) is 2. The van der Waals surface area contributed by atoms with Crippen molar-refractivity contribution in [2.45, 2.75) is 37.5 Å².